The van der Waals surface area contributed by atoms with Crippen LogP contribution >= 0.6 is 0 Å². The molecule has 0 bridgehead atoms. The van der Waals surface area contributed by atoms with Crippen molar-refractivity contribution in [2.75, 3.05) is 0 Å². The Kier molecular flexibility index (Phi) is 4.90. The van der Waals surface area contributed by atoms with Gasteiger partial charge in [-0.15, -0.1) is 0 Å². The zero-order valence-electron chi connectivity index (χ0n) is 17.6. The zero-order chi connectivity index (χ0) is 19.1. The lowest BCUT2D eigenvalue weighted by Gasteiger charge is -2.42. The van der Waals surface area contributed by atoms with Crippen molar-refractivity contribution in [1.29, 1.82) is 0 Å². The Morgan fingerprint density at radius 1 is 0.846 bits per heavy atom. The van der Waals surface area contributed by atoms with E-state index in [1.165, 1.54) is 46.2 Å². The minimum atomic E-state index is 0.264. The first-order valence-corrected chi connectivity index (χ1v) is 10.0. The number of rotatable bonds is 3. The molecule has 0 unspecified atom stereocenters. The maximum atomic E-state index is 2.45. The van der Waals surface area contributed by atoms with E-state index in [1.54, 1.807) is 0 Å². The van der Waals surface area contributed by atoms with Crippen molar-refractivity contribution in [1.82, 2.24) is 0 Å². The van der Waals surface area contributed by atoms with Gasteiger partial charge in [-0.1, -0.05) is 90.1 Å². The number of fused-ring (bicyclic) bond motifs is 1. The third kappa shape index (κ3) is 3.65. The fraction of sp³-hybridized carbons (Fsp3) is 0.462. The highest BCUT2D eigenvalue weighted by Crippen LogP contribution is 2.46. The second-order valence-corrected chi connectivity index (χ2v) is 9.68. The summed E-state index contributed by atoms with van der Waals surface area (Å²) >= 11 is 0. The lowest BCUT2D eigenvalue weighted by molar-refractivity contribution is 0.332. The van der Waals surface area contributed by atoms with Crippen LogP contribution in [-0.4, -0.2) is 0 Å². The van der Waals surface area contributed by atoms with Crippen LogP contribution in [-0.2, 0) is 10.8 Å². The third-order valence-electron chi connectivity index (χ3n) is 6.29. The van der Waals surface area contributed by atoms with Crippen LogP contribution in [0.3, 0.4) is 0 Å². The molecule has 0 heteroatoms. The highest BCUT2D eigenvalue weighted by molar-refractivity contribution is 5.80. The largest absolute Gasteiger partial charge is 0.0587 e. The van der Waals surface area contributed by atoms with E-state index < -0.39 is 0 Å². The van der Waals surface area contributed by atoms with E-state index in [4.69, 9.17) is 0 Å². The quantitative estimate of drug-likeness (QED) is 0.499. The van der Waals surface area contributed by atoms with Gasteiger partial charge in [0.05, 0.1) is 0 Å². The molecular formula is C26H34. The highest BCUT2D eigenvalue weighted by Gasteiger charge is 2.36. The molecule has 0 aromatic heterocycles. The zero-order valence-corrected chi connectivity index (χ0v) is 17.6. The molecule has 3 rings (SSSR count). The van der Waals surface area contributed by atoms with Crippen LogP contribution < -0.4 is 0 Å². The summed E-state index contributed by atoms with van der Waals surface area (Å²) < 4.78 is 0. The van der Waals surface area contributed by atoms with E-state index >= 15 is 0 Å². The lowest BCUT2D eigenvalue weighted by atomic mass is 9.63. The summed E-state index contributed by atoms with van der Waals surface area (Å²) in [7, 11) is 0. The van der Waals surface area contributed by atoms with Gasteiger partial charge in [-0.25, -0.2) is 0 Å². The molecule has 0 saturated heterocycles. The van der Waals surface area contributed by atoms with Gasteiger partial charge in [-0.2, -0.15) is 0 Å². The van der Waals surface area contributed by atoms with E-state index in [9.17, 15) is 0 Å². The van der Waals surface area contributed by atoms with E-state index in [-0.39, 0.29) is 10.8 Å². The molecule has 0 N–H and O–H groups in total. The van der Waals surface area contributed by atoms with E-state index in [2.05, 4.69) is 97.0 Å². The third-order valence-corrected chi connectivity index (χ3v) is 6.29. The van der Waals surface area contributed by atoms with Gasteiger partial charge in [-0.05, 0) is 69.9 Å². The van der Waals surface area contributed by atoms with Gasteiger partial charge in [0.1, 0.15) is 0 Å². The molecule has 0 amide bonds. The summed E-state index contributed by atoms with van der Waals surface area (Å²) in [5, 5.41) is 0. The molecule has 26 heavy (non-hydrogen) atoms. The van der Waals surface area contributed by atoms with Crippen molar-refractivity contribution in [2.24, 2.45) is 0 Å². The van der Waals surface area contributed by atoms with E-state index in [1.807, 2.05) is 0 Å². The number of allylic oxidation sites excluding steroid dienone is 1. The summed E-state index contributed by atoms with van der Waals surface area (Å²) in [6.45, 7) is 16.3. The fourth-order valence-corrected chi connectivity index (χ4v) is 4.14. The van der Waals surface area contributed by atoms with Crippen LogP contribution in [0.4, 0.5) is 0 Å². The van der Waals surface area contributed by atoms with Crippen LogP contribution in [0, 0.1) is 0 Å². The predicted molar refractivity (Wildman–Crippen MR) is 116 cm³/mol. The molecular weight excluding hydrogens is 312 g/mol. The Labute approximate surface area is 160 Å². The number of hydrogen-bond acceptors (Lipinski definition) is 0. The second kappa shape index (κ2) is 6.72. The Balaban J connectivity index is 1.97. The van der Waals surface area contributed by atoms with Crippen LogP contribution in [0.1, 0.15) is 95.0 Å². The molecule has 0 atom stereocenters. The summed E-state index contributed by atoms with van der Waals surface area (Å²) in [4.78, 5) is 0. The summed E-state index contributed by atoms with van der Waals surface area (Å²) in [6, 6.07) is 16.1. The maximum absolute atomic E-state index is 2.45. The molecule has 2 aromatic rings. The first-order valence-electron chi connectivity index (χ1n) is 10.0. The summed E-state index contributed by atoms with van der Waals surface area (Å²) in [5.74, 6) is 0.584. The predicted octanol–water partition coefficient (Wildman–Crippen LogP) is 7.72. The van der Waals surface area contributed by atoms with Crippen molar-refractivity contribution in [3.63, 3.8) is 0 Å². The number of benzene rings is 2. The van der Waals surface area contributed by atoms with Gasteiger partial charge in [0.15, 0.2) is 0 Å². The highest BCUT2D eigenvalue weighted by atomic mass is 14.4. The van der Waals surface area contributed by atoms with Gasteiger partial charge in [-0.3, -0.25) is 0 Å². The van der Waals surface area contributed by atoms with Gasteiger partial charge < -0.3 is 0 Å². The SMILES string of the molecule is CC(=Cc1ccc(C(C)C)cc1)c1ccc2c(c1)C(C)(C)CCC2(C)C. The Morgan fingerprint density at radius 2 is 1.42 bits per heavy atom. The monoisotopic (exact) mass is 346 g/mol. The number of hydrogen-bond donors (Lipinski definition) is 0. The molecule has 0 heterocycles. The van der Waals surface area contributed by atoms with Gasteiger partial charge in [0, 0.05) is 0 Å². The van der Waals surface area contributed by atoms with Crippen molar-refractivity contribution in [2.45, 2.75) is 78.1 Å². The van der Waals surface area contributed by atoms with Gasteiger partial charge >= 0.3 is 0 Å². The molecule has 0 fully saturated rings. The molecule has 0 saturated carbocycles. The lowest BCUT2D eigenvalue weighted by Crippen LogP contribution is -2.33. The smallest absolute Gasteiger partial charge is 0.0100 e. The van der Waals surface area contributed by atoms with Crippen molar-refractivity contribution in [3.05, 3.63) is 70.3 Å². The Hall–Kier alpha value is -1.82. The van der Waals surface area contributed by atoms with Crippen molar-refractivity contribution >= 4 is 11.6 Å². The van der Waals surface area contributed by atoms with Crippen LogP contribution in [0.5, 0.6) is 0 Å². The van der Waals surface area contributed by atoms with E-state index in [0.29, 0.717) is 5.92 Å². The summed E-state index contributed by atoms with van der Waals surface area (Å²) in [6.07, 6.45) is 4.84. The fourth-order valence-electron chi connectivity index (χ4n) is 4.14. The first-order chi connectivity index (χ1) is 12.1. The van der Waals surface area contributed by atoms with Crippen molar-refractivity contribution < 1.29 is 0 Å². The molecule has 0 nitrogen and oxygen atoms in total. The second-order valence-electron chi connectivity index (χ2n) is 9.68. The average molecular weight is 347 g/mol. The Morgan fingerprint density at radius 3 is 2.00 bits per heavy atom. The Bertz CT molecular complexity index is 814. The molecule has 0 spiro atoms. The summed E-state index contributed by atoms with van der Waals surface area (Å²) in [5.41, 5.74) is 8.99. The minimum absolute atomic E-state index is 0.264. The van der Waals surface area contributed by atoms with Crippen LogP contribution in [0.2, 0.25) is 0 Å². The molecule has 1 aliphatic carbocycles. The van der Waals surface area contributed by atoms with E-state index in [0.717, 1.165) is 0 Å². The molecule has 0 radical (unpaired) electrons. The molecule has 2 aromatic carbocycles. The average Bonchev–Trinajstić information content (AvgIpc) is 2.59. The van der Waals surface area contributed by atoms with Gasteiger partial charge in [0.25, 0.3) is 0 Å². The minimum Gasteiger partial charge on any atom is -0.0587 e. The topological polar surface area (TPSA) is 0 Å². The first kappa shape index (κ1) is 19.0. The van der Waals surface area contributed by atoms with Crippen LogP contribution in [0.25, 0.3) is 11.6 Å². The standard InChI is InChI=1S/C26H34/c1-18(2)21-10-8-20(9-11-21)16-19(3)22-12-13-23-24(17-22)26(6,7)15-14-25(23,4)5/h8-13,16-18H,14-15H2,1-7H3. The molecule has 1 aliphatic rings. The van der Waals surface area contributed by atoms with Crippen LogP contribution in [0.15, 0.2) is 42.5 Å². The maximum Gasteiger partial charge on any atom is -0.0100 e. The molecule has 0 aliphatic heterocycles. The normalized spacial score (nSPS) is 18.7. The van der Waals surface area contributed by atoms with Crippen molar-refractivity contribution in [3.8, 4) is 0 Å². The molecule has 138 valence electrons. The van der Waals surface area contributed by atoms with Gasteiger partial charge in [0.2, 0.25) is 0 Å².